The third-order valence-corrected chi connectivity index (χ3v) is 3.68. The quantitative estimate of drug-likeness (QED) is 0.471. The van der Waals surface area contributed by atoms with Crippen LogP contribution in [0.15, 0.2) is 36.5 Å². The van der Waals surface area contributed by atoms with Crippen molar-refractivity contribution in [2.45, 2.75) is 45.4 Å². The van der Waals surface area contributed by atoms with Crippen LogP contribution in [-0.2, 0) is 0 Å². The Labute approximate surface area is 137 Å². The van der Waals surface area contributed by atoms with E-state index in [-0.39, 0.29) is 0 Å². The van der Waals surface area contributed by atoms with Crippen molar-refractivity contribution in [2.24, 2.45) is 0 Å². The van der Waals surface area contributed by atoms with Crippen molar-refractivity contribution in [3.63, 3.8) is 0 Å². The first kappa shape index (κ1) is 17.1. The molecule has 2 aromatic rings. The maximum absolute atomic E-state index is 10.8. The molecule has 0 fully saturated rings. The highest BCUT2D eigenvalue weighted by Gasteiger charge is 2.03. The zero-order valence-corrected chi connectivity index (χ0v) is 13.7. The third kappa shape index (κ3) is 5.81. The maximum Gasteiger partial charge on any atom is 0.168 e. The molecule has 0 unspecified atom stereocenters. The molecule has 0 atom stereocenters. The summed E-state index contributed by atoms with van der Waals surface area (Å²) < 4.78 is 5.75. The van der Waals surface area contributed by atoms with E-state index >= 15 is 0 Å². The van der Waals surface area contributed by atoms with Crippen LogP contribution >= 0.6 is 0 Å². The Bertz CT molecular complexity index is 597. The Morgan fingerprint density at radius 1 is 1.00 bits per heavy atom. The minimum absolute atomic E-state index is 0.387. The Morgan fingerprint density at radius 3 is 2.48 bits per heavy atom. The fraction of sp³-hybridized carbons (Fsp3) is 0.421. The van der Waals surface area contributed by atoms with Gasteiger partial charge in [-0.3, -0.25) is 4.79 Å². The first-order valence-corrected chi connectivity index (χ1v) is 8.35. The standard InChI is InChI=1S/C19H24N2O2/c1-2-3-4-5-6-7-14-23-18-10-8-16(9-11-18)19-20-13-12-17(15-22)21-19/h8-13,15H,2-7,14H2,1H3. The summed E-state index contributed by atoms with van der Waals surface area (Å²) >= 11 is 0. The van der Waals surface area contributed by atoms with Crippen LogP contribution < -0.4 is 4.74 Å². The van der Waals surface area contributed by atoms with Crippen LogP contribution in [0.25, 0.3) is 11.4 Å². The summed E-state index contributed by atoms with van der Waals surface area (Å²) in [4.78, 5) is 19.1. The molecule has 0 aliphatic carbocycles. The monoisotopic (exact) mass is 312 g/mol. The molecule has 23 heavy (non-hydrogen) atoms. The number of nitrogens with zero attached hydrogens (tertiary/aromatic N) is 2. The minimum Gasteiger partial charge on any atom is -0.494 e. The molecule has 1 aromatic carbocycles. The van der Waals surface area contributed by atoms with E-state index in [4.69, 9.17) is 4.74 Å². The van der Waals surface area contributed by atoms with Gasteiger partial charge in [-0.1, -0.05) is 39.0 Å². The van der Waals surface area contributed by atoms with Crippen molar-refractivity contribution >= 4 is 6.29 Å². The molecule has 1 aromatic heterocycles. The van der Waals surface area contributed by atoms with Crippen LogP contribution in [0.2, 0.25) is 0 Å². The van der Waals surface area contributed by atoms with Gasteiger partial charge in [0, 0.05) is 11.8 Å². The van der Waals surface area contributed by atoms with Gasteiger partial charge in [-0.05, 0) is 36.8 Å². The Hall–Kier alpha value is -2.23. The largest absolute Gasteiger partial charge is 0.494 e. The van der Waals surface area contributed by atoms with Crippen molar-refractivity contribution in [2.75, 3.05) is 6.61 Å². The van der Waals surface area contributed by atoms with Crippen LogP contribution in [0.5, 0.6) is 5.75 Å². The third-order valence-electron chi connectivity index (χ3n) is 3.68. The van der Waals surface area contributed by atoms with Gasteiger partial charge in [0.15, 0.2) is 12.1 Å². The fourth-order valence-electron chi connectivity index (χ4n) is 2.35. The molecule has 0 N–H and O–H groups in total. The average Bonchev–Trinajstić information content (AvgIpc) is 2.61. The van der Waals surface area contributed by atoms with Crippen LogP contribution in [0.1, 0.15) is 55.9 Å². The summed E-state index contributed by atoms with van der Waals surface area (Å²) in [6.07, 6.45) is 9.86. The van der Waals surface area contributed by atoms with Crippen molar-refractivity contribution in [1.82, 2.24) is 9.97 Å². The molecule has 0 aliphatic rings. The Balaban J connectivity index is 1.79. The SMILES string of the molecule is CCCCCCCCOc1ccc(-c2nccc(C=O)n2)cc1. The summed E-state index contributed by atoms with van der Waals surface area (Å²) in [6.45, 7) is 2.98. The Morgan fingerprint density at radius 2 is 1.74 bits per heavy atom. The zero-order valence-electron chi connectivity index (χ0n) is 13.7. The molecule has 0 amide bonds. The number of ether oxygens (including phenoxy) is 1. The summed E-state index contributed by atoms with van der Waals surface area (Å²) in [5.41, 5.74) is 1.26. The molecule has 0 saturated heterocycles. The van der Waals surface area contributed by atoms with Gasteiger partial charge < -0.3 is 4.74 Å². The molecule has 0 saturated carbocycles. The summed E-state index contributed by atoms with van der Waals surface area (Å²) in [5, 5.41) is 0. The number of aromatic nitrogens is 2. The van der Waals surface area contributed by atoms with Gasteiger partial charge in [-0.2, -0.15) is 0 Å². The number of rotatable bonds is 10. The summed E-state index contributed by atoms with van der Waals surface area (Å²) in [7, 11) is 0. The van der Waals surface area contributed by atoms with Crippen LogP contribution in [0.3, 0.4) is 0 Å². The van der Waals surface area contributed by atoms with Crippen LogP contribution in [0, 0.1) is 0 Å². The van der Waals surface area contributed by atoms with E-state index in [1.807, 2.05) is 24.3 Å². The number of hydrogen-bond acceptors (Lipinski definition) is 4. The molecule has 4 heteroatoms. The molecular weight excluding hydrogens is 288 g/mol. The van der Waals surface area contributed by atoms with Crippen molar-refractivity contribution in [3.8, 4) is 17.1 Å². The number of benzene rings is 1. The van der Waals surface area contributed by atoms with Gasteiger partial charge >= 0.3 is 0 Å². The van der Waals surface area contributed by atoms with Crippen molar-refractivity contribution in [1.29, 1.82) is 0 Å². The van der Waals surface area contributed by atoms with Gasteiger partial charge in [-0.15, -0.1) is 0 Å². The van der Waals surface area contributed by atoms with E-state index in [1.54, 1.807) is 12.3 Å². The first-order chi connectivity index (χ1) is 11.3. The average molecular weight is 312 g/mol. The van der Waals surface area contributed by atoms with Crippen molar-refractivity contribution < 1.29 is 9.53 Å². The topological polar surface area (TPSA) is 52.1 Å². The van der Waals surface area contributed by atoms with Crippen LogP contribution in [0.4, 0.5) is 0 Å². The van der Waals surface area contributed by atoms with E-state index in [0.29, 0.717) is 11.5 Å². The molecule has 0 radical (unpaired) electrons. The van der Waals surface area contributed by atoms with E-state index in [2.05, 4.69) is 16.9 Å². The van der Waals surface area contributed by atoms with E-state index in [1.165, 1.54) is 32.1 Å². The predicted molar refractivity (Wildman–Crippen MR) is 91.7 cm³/mol. The molecular formula is C19H24N2O2. The van der Waals surface area contributed by atoms with E-state index in [0.717, 1.165) is 30.6 Å². The summed E-state index contributed by atoms with van der Waals surface area (Å²) in [6, 6.07) is 9.27. The zero-order chi connectivity index (χ0) is 16.3. The highest BCUT2D eigenvalue weighted by Crippen LogP contribution is 2.19. The smallest absolute Gasteiger partial charge is 0.168 e. The molecule has 2 rings (SSSR count). The summed E-state index contributed by atoms with van der Waals surface area (Å²) in [5.74, 6) is 1.41. The van der Waals surface area contributed by atoms with Crippen LogP contribution in [-0.4, -0.2) is 22.9 Å². The number of carbonyl (C=O) groups excluding carboxylic acids is 1. The number of hydrogen-bond donors (Lipinski definition) is 0. The van der Waals surface area contributed by atoms with E-state index < -0.39 is 0 Å². The highest BCUT2D eigenvalue weighted by molar-refractivity contribution is 5.72. The Kier molecular flexibility index (Phi) is 7.24. The molecule has 0 spiro atoms. The van der Waals surface area contributed by atoms with Gasteiger partial charge in [0.2, 0.25) is 0 Å². The molecule has 4 nitrogen and oxygen atoms in total. The molecule has 1 heterocycles. The predicted octanol–water partition coefficient (Wildman–Crippen LogP) is 4.70. The molecule has 0 aliphatic heterocycles. The van der Waals surface area contributed by atoms with E-state index in [9.17, 15) is 4.79 Å². The maximum atomic E-state index is 10.8. The van der Waals surface area contributed by atoms with Gasteiger partial charge in [0.1, 0.15) is 11.4 Å². The van der Waals surface area contributed by atoms with Gasteiger partial charge in [-0.25, -0.2) is 9.97 Å². The number of unbranched alkanes of at least 4 members (excludes halogenated alkanes) is 5. The second-order valence-corrected chi connectivity index (χ2v) is 5.56. The van der Waals surface area contributed by atoms with Crippen molar-refractivity contribution in [3.05, 3.63) is 42.2 Å². The lowest BCUT2D eigenvalue weighted by atomic mass is 10.1. The number of carbonyl (C=O) groups is 1. The lowest BCUT2D eigenvalue weighted by Crippen LogP contribution is -1.97. The minimum atomic E-state index is 0.387. The second-order valence-electron chi connectivity index (χ2n) is 5.56. The highest BCUT2D eigenvalue weighted by atomic mass is 16.5. The fourth-order valence-corrected chi connectivity index (χ4v) is 2.35. The lowest BCUT2D eigenvalue weighted by Gasteiger charge is -2.07. The number of aldehydes is 1. The normalized spacial score (nSPS) is 10.5. The first-order valence-electron chi connectivity index (χ1n) is 8.35. The van der Waals surface area contributed by atoms with Gasteiger partial charge in [0.25, 0.3) is 0 Å². The van der Waals surface area contributed by atoms with Gasteiger partial charge in [0.05, 0.1) is 6.61 Å². The molecule has 122 valence electrons. The lowest BCUT2D eigenvalue weighted by molar-refractivity contribution is 0.111. The second kappa shape index (κ2) is 9.72. The molecule has 0 bridgehead atoms.